The number of hydrogen-bond donors (Lipinski definition) is 1. The fraction of sp³-hybridized carbons (Fsp3) is 0.333. The predicted octanol–water partition coefficient (Wildman–Crippen LogP) is -0.355. The quantitative estimate of drug-likeness (QED) is 0.681. The largest absolute Gasteiger partial charge is 0.438 e. The number of H-pyrrole nitrogens is 1. The third-order valence-electron chi connectivity index (χ3n) is 1.38. The van der Waals surface area contributed by atoms with Crippen molar-refractivity contribution in [2.75, 3.05) is 0 Å². The van der Waals surface area contributed by atoms with Crippen LogP contribution in [0.15, 0.2) is 13.8 Å². The average molecular weight is 182 g/mol. The molecule has 0 saturated carbocycles. The first kappa shape index (κ1) is 7.71. The van der Waals surface area contributed by atoms with Crippen molar-refractivity contribution >= 4 is 0 Å². The molecule has 2 rings (SSSR count). The molecule has 2 aromatic heterocycles. The van der Waals surface area contributed by atoms with E-state index < -0.39 is 5.76 Å². The fourth-order valence-electron chi connectivity index (χ4n) is 0.899. The van der Waals surface area contributed by atoms with Gasteiger partial charge in [-0.3, -0.25) is 9.51 Å². The van der Waals surface area contributed by atoms with Crippen molar-refractivity contribution in [2.45, 2.75) is 13.3 Å². The van der Waals surface area contributed by atoms with Gasteiger partial charge in [0.1, 0.15) is 0 Å². The van der Waals surface area contributed by atoms with Crippen molar-refractivity contribution in [2.24, 2.45) is 0 Å². The van der Waals surface area contributed by atoms with E-state index >= 15 is 0 Å². The smallest absolute Gasteiger partial charge is 0.340 e. The zero-order valence-corrected chi connectivity index (χ0v) is 6.77. The van der Waals surface area contributed by atoms with Crippen LogP contribution in [0.3, 0.4) is 0 Å². The third-order valence-corrected chi connectivity index (χ3v) is 1.38. The lowest BCUT2D eigenvalue weighted by Gasteiger charge is -1.83. The van der Waals surface area contributed by atoms with Crippen LogP contribution in [0.1, 0.15) is 17.5 Å². The van der Waals surface area contributed by atoms with Crippen LogP contribution in [0.4, 0.5) is 0 Å². The summed E-state index contributed by atoms with van der Waals surface area (Å²) in [5.74, 6) is 0.726. The maximum absolute atomic E-state index is 10.5. The van der Waals surface area contributed by atoms with Crippen LogP contribution < -0.4 is 5.76 Å². The summed E-state index contributed by atoms with van der Waals surface area (Å²) in [6, 6.07) is 0. The molecule has 0 aromatic carbocycles. The minimum absolute atomic E-state index is 0.295. The fourth-order valence-corrected chi connectivity index (χ4v) is 0.899. The SMILES string of the molecule is Cc1nc(Cc2noc(=O)[nH]2)no1. The molecule has 2 heterocycles. The molecule has 68 valence electrons. The van der Waals surface area contributed by atoms with Crippen LogP contribution in [-0.2, 0) is 6.42 Å². The molecule has 0 amide bonds. The Labute approximate surface area is 71.7 Å². The lowest BCUT2D eigenvalue weighted by atomic mass is 10.4. The first-order valence-corrected chi connectivity index (χ1v) is 3.58. The van der Waals surface area contributed by atoms with E-state index in [1.165, 1.54) is 0 Å². The second kappa shape index (κ2) is 2.85. The molecule has 0 radical (unpaired) electrons. The van der Waals surface area contributed by atoms with Crippen molar-refractivity contribution in [1.29, 1.82) is 0 Å². The first-order chi connectivity index (χ1) is 6.24. The molecule has 2 aromatic rings. The maximum Gasteiger partial charge on any atom is 0.438 e. The Morgan fingerprint density at radius 1 is 1.38 bits per heavy atom. The van der Waals surface area contributed by atoms with Crippen molar-refractivity contribution in [3.8, 4) is 0 Å². The van der Waals surface area contributed by atoms with E-state index in [-0.39, 0.29) is 0 Å². The van der Waals surface area contributed by atoms with Crippen molar-refractivity contribution in [3.63, 3.8) is 0 Å². The Bertz CT molecular complexity index is 454. The molecule has 1 N–H and O–H groups in total. The third kappa shape index (κ3) is 1.63. The second-order valence-corrected chi connectivity index (χ2v) is 2.45. The Balaban J connectivity index is 2.19. The molecule has 0 atom stereocenters. The lowest BCUT2D eigenvalue weighted by Crippen LogP contribution is -1.98. The number of nitrogens with zero attached hydrogens (tertiary/aromatic N) is 3. The highest BCUT2D eigenvalue weighted by molar-refractivity contribution is 4.95. The van der Waals surface area contributed by atoms with E-state index in [0.717, 1.165) is 0 Å². The normalized spacial score (nSPS) is 10.5. The molecule has 0 aliphatic carbocycles. The molecule has 7 heteroatoms. The molecular weight excluding hydrogens is 176 g/mol. The Morgan fingerprint density at radius 3 is 2.77 bits per heavy atom. The van der Waals surface area contributed by atoms with E-state index in [1.54, 1.807) is 6.92 Å². The molecule has 0 bridgehead atoms. The summed E-state index contributed by atoms with van der Waals surface area (Å²) in [7, 11) is 0. The minimum Gasteiger partial charge on any atom is -0.340 e. The molecule has 0 fully saturated rings. The summed E-state index contributed by atoms with van der Waals surface area (Å²) in [6.45, 7) is 1.68. The van der Waals surface area contributed by atoms with E-state index in [2.05, 4.69) is 24.8 Å². The Morgan fingerprint density at radius 2 is 2.23 bits per heavy atom. The van der Waals surface area contributed by atoms with E-state index in [4.69, 9.17) is 4.52 Å². The van der Waals surface area contributed by atoms with Crippen LogP contribution in [0, 0.1) is 6.92 Å². The number of aromatic amines is 1. The van der Waals surface area contributed by atoms with Gasteiger partial charge in [-0.2, -0.15) is 4.98 Å². The van der Waals surface area contributed by atoms with Crippen LogP contribution >= 0.6 is 0 Å². The van der Waals surface area contributed by atoms with Crippen molar-refractivity contribution in [3.05, 3.63) is 28.1 Å². The van der Waals surface area contributed by atoms with Crippen molar-refractivity contribution < 1.29 is 9.05 Å². The standard InChI is InChI=1S/C6H6N4O3/c1-3-7-4(9-12-3)2-5-8-6(11)13-10-5/h2H2,1H3,(H,8,10,11). The van der Waals surface area contributed by atoms with Gasteiger partial charge in [0.2, 0.25) is 5.89 Å². The van der Waals surface area contributed by atoms with Crippen LogP contribution in [-0.4, -0.2) is 20.3 Å². The zero-order chi connectivity index (χ0) is 9.26. The molecule has 0 aliphatic rings. The van der Waals surface area contributed by atoms with Gasteiger partial charge in [0.15, 0.2) is 11.6 Å². The van der Waals surface area contributed by atoms with Crippen LogP contribution in [0.25, 0.3) is 0 Å². The molecule has 0 spiro atoms. The summed E-state index contributed by atoms with van der Waals surface area (Å²) in [5, 5.41) is 7.09. The number of nitrogens with one attached hydrogen (secondary N) is 1. The van der Waals surface area contributed by atoms with Crippen molar-refractivity contribution in [1.82, 2.24) is 20.3 Å². The van der Waals surface area contributed by atoms with E-state index in [9.17, 15) is 4.79 Å². The molecule has 0 unspecified atom stereocenters. The van der Waals surface area contributed by atoms with E-state index in [1.807, 2.05) is 0 Å². The summed E-state index contributed by atoms with van der Waals surface area (Å²) in [4.78, 5) is 16.8. The summed E-state index contributed by atoms with van der Waals surface area (Å²) >= 11 is 0. The van der Waals surface area contributed by atoms with Gasteiger partial charge in [0, 0.05) is 6.92 Å². The van der Waals surface area contributed by atoms with Gasteiger partial charge in [0.25, 0.3) is 0 Å². The summed E-state index contributed by atoms with van der Waals surface area (Å²) < 4.78 is 9.03. The molecule has 0 saturated heterocycles. The molecule has 0 aliphatic heterocycles. The molecule has 13 heavy (non-hydrogen) atoms. The van der Waals surface area contributed by atoms with Gasteiger partial charge in [-0.05, 0) is 0 Å². The highest BCUT2D eigenvalue weighted by Gasteiger charge is 2.07. The van der Waals surface area contributed by atoms with Crippen LogP contribution in [0.2, 0.25) is 0 Å². The second-order valence-electron chi connectivity index (χ2n) is 2.45. The topological polar surface area (TPSA) is 97.8 Å². The van der Waals surface area contributed by atoms with Gasteiger partial charge in [-0.25, -0.2) is 4.79 Å². The van der Waals surface area contributed by atoms with Gasteiger partial charge >= 0.3 is 5.76 Å². The highest BCUT2D eigenvalue weighted by atomic mass is 16.5. The highest BCUT2D eigenvalue weighted by Crippen LogP contribution is 1.99. The average Bonchev–Trinajstić information content (AvgIpc) is 2.62. The number of hydrogen-bond acceptors (Lipinski definition) is 6. The Hall–Kier alpha value is -1.92. The Kier molecular flexibility index (Phi) is 1.69. The number of aryl methyl sites for hydroxylation is 1. The van der Waals surface area contributed by atoms with Crippen LogP contribution in [0.5, 0.6) is 0 Å². The number of rotatable bonds is 2. The molecule has 7 nitrogen and oxygen atoms in total. The van der Waals surface area contributed by atoms with Gasteiger partial charge in [0.05, 0.1) is 6.42 Å². The molecular formula is C6H6N4O3. The monoisotopic (exact) mass is 182 g/mol. The predicted molar refractivity (Wildman–Crippen MR) is 39.0 cm³/mol. The first-order valence-electron chi connectivity index (χ1n) is 3.58. The van der Waals surface area contributed by atoms with E-state index in [0.29, 0.717) is 24.0 Å². The lowest BCUT2D eigenvalue weighted by molar-refractivity contribution is 0.379. The zero-order valence-electron chi connectivity index (χ0n) is 6.77. The summed E-state index contributed by atoms with van der Waals surface area (Å²) in [5.41, 5.74) is 0. The van der Waals surface area contributed by atoms with Gasteiger partial charge < -0.3 is 4.52 Å². The van der Waals surface area contributed by atoms with Gasteiger partial charge in [-0.15, -0.1) is 0 Å². The minimum atomic E-state index is -0.588. The van der Waals surface area contributed by atoms with Gasteiger partial charge in [-0.1, -0.05) is 10.3 Å². The summed E-state index contributed by atoms with van der Waals surface area (Å²) in [6.07, 6.45) is 0.295. The maximum atomic E-state index is 10.5. The number of aromatic nitrogens is 4.